The zero-order valence-electron chi connectivity index (χ0n) is 20.8. The maximum atomic E-state index is 13.7. The van der Waals surface area contributed by atoms with Gasteiger partial charge in [-0.3, -0.25) is 9.69 Å². The molecule has 5 rings (SSSR count). The lowest BCUT2D eigenvalue weighted by Crippen LogP contribution is -2.38. The Morgan fingerprint density at radius 3 is 2.31 bits per heavy atom. The average Bonchev–Trinajstić information content (AvgIpc) is 3.19. The highest BCUT2D eigenvalue weighted by Crippen LogP contribution is 2.43. The van der Waals surface area contributed by atoms with Gasteiger partial charge in [-0.05, 0) is 69.2 Å². The summed E-state index contributed by atoms with van der Waals surface area (Å²) in [6.45, 7) is 8.59. The maximum Gasteiger partial charge on any atom is 0.252 e. The molecule has 7 nitrogen and oxygen atoms in total. The van der Waals surface area contributed by atoms with Crippen LogP contribution in [0.15, 0.2) is 54.6 Å². The second-order valence-corrected chi connectivity index (χ2v) is 9.05. The Morgan fingerprint density at radius 2 is 1.67 bits per heavy atom. The van der Waals surface area contributed by atoms with E-state index in [0.717, 1.165) is 39.5 Å². The third-order valence-electron chi connectivity index (χ3n) is 6.37. The number of carbonyl (C=O) groups is 1. The van der Waals surface area contributed by atoms with E-state index >= 15 is 0 Å². The van der Waals surface area contributed by atoms with E-state index in [2.05, 4.69) is 9.97 Å². The Morgan fingerprint density at radius 1 is 1.00 bits per heavy atom. The Balaban J connectivity index is 1.66. The molecule has 0 saturated heterocycles. The number of fused-ring (bicyclic) bond motifs is 1. The van der Waals surface area contributed by atoms with Crippen molar-refractivity contribution in [3.8, 4) is 11.7 Å². The summed E-state index contributed by atoms with van der Waals surface area (Å²) in [5.41, 5.74) is 5.23. The smallest absolute Gasteiger partial charge is 0.252 e. The molecule has 36 heavy (non-hydrogen) atoms. The first kappa shape index (κ1) is 23.7. The molecule has 4 aromatic rings. The first-order valence-corrected chi connectivity index (χ1v) is 12.0. The van der Waals surface area contributed by atoms with Gasteiger partial charge in [0.2, 0.25) is 5.91 Å². The minimum absolute atomic E-state index is 0.0452. The van der Waals surface area contributed by atoms with Crippen LogP contribution in [0.3, 0.4) is 0 Å². The van der Waals surface area contributed by atoms with Gasteiger partial charge in [0.05, 0.1) is 18.8 Å². The molecule has 3 heterocycles. The molecular formula is C28H28FN5O2. The molecular weight excluding hydrogens is 457 g/mol. The van der Waals surface area contributed by atoms with Gasteiger partial charge in [0, 0.05) is 29.3 Å². The third-order valence-corrected chi connectivity index (χ3v) is 6.37. The molecule has 1 aliphatic heterocycles. The van der Waals surface area contributed by atoms with Crippen LogP contribution in [0.1, 0.15) is 53.0 Å². The molecule has 0 unspecified atom stereocenters. The number of anilines is 1. The quantitative estimate of drug-likeness (QED) is 0.376. The van der Waals surface area contributed by atoms with E-state index in [1.54, 1.807) is 21.7 Å². The molecule has 0 saturated carbocycles. The fourth-order valence-electron chi connectivity index (χ4n) is 4.82. The topological polar surface area (TPSA) is 73.1 Å². The molecule has 2 aromatic carbocycles. The molecule has 1 aliphatic rings. The number of benzene rings is 2. The molecule has 0 fully saturated rings. The van der Waals surface area contributed by atoms with Crippen molar-refractivity contribution in [2.45, 2.75) is 46.6 Å². The van der Waals surface area contributed by atoms with E-state index in [0.29, 0.717) is 24.8 Å². The molecule has 2 aromatic heterocycles. The summed E-state index contributed by atoms with van der Waals surface area (Å²) >= 11 is 0. The first-order valence-electron chi connectivity index (χ1n) is 12.0. The zero-order valence-corrected chi connectivity index (χ0v) is 20.8. The summed E-state index contributed by atoms with van der Waals surface area (Å²) in [4.78, 5) is 24.6. The maximum absolute atomic E-state index is 13.7. The summed E-state index contributed by atoms with van der Waals surface area (Å²) in [6, 6.07) is 16.0. The zero-order chi connectivity index (χ0) is 25.4. The molecule has 1 atom stereocenters. The van der Waals surface area contributed by atoms with E-state index in [9.17, 15) is 9.18 Å². The number of carbonyl (C=O) groups excluding carboxylic acids is 1. The summed E-state index contributed by atoms with van der Waals surface area (Å²) in [7, 11) is 0. The summed E-state index contributed by atoms with van der Waals surface area (Å²) < 4.78 is 20.8. The van der Waals surface area contributed by atoms with Crippen LogP contribution in [0, 0.1) is 26.6 Å². The number of hydrogen-bond acceptors (Lipinski definition) is 5. The van der Waals surface area contributed by atoms with Crippen molar-refractivity contribution < 1.29 is 13.9 Å². The van der Waals surface area contributed by atoms with E-state index in [1.807, 2.05) is 58.0 Å². The molecule has 184 valence electrons. The van der Waals surface area contributed by atoms with Gasteiger partial charge in [0.15, 0.2) is 0 Å². The Labute approximate surface area is 209 Å². The van der Waals surface area contributed by atoms with Crippen LogP contribution in [-0.2, 0) is 11.3 Å². The second-order valence-electron chi connectivity index (χ2n) is 9.05. The number of aromatic nitrogens is 4. The fraction of sp³-hybridized carbons (Fsp3) is 0.286. The van der Waals surface area contributed by atoms with Crippen LogP contribution in [0.4, 0.5) is 10.2 Å². The number of halogens is 1. The molecule has 0 spiro atoms. The van der Waals surface area contributed by atoms with Gasteiger partial charge in [0.25, 0.3) is 5.95 Å². The predicted octanol–water partition coefficient (Wildman–Crippen LogP) is 5.19. The average molecular weight is 486 g/mol. The Hall–Kier alpha value is -4.07. The van der Waals surface area contributed by atoms with Gasteiger partial charge in [-0.25, -0.2) is 14.4 Å². The third kappa shape index (κ3) is 4.46. The van der Waals surface area contributed by atoms with Crippen LogP contribution < -0.4 is 9.64 Å². The van der Waals surface area contributed by atoms with E-state index in [4.69, 9.17) is 9.84 Å². The monoisotopic (exact) mass is 485 g/mol. The standard InChI is InChI=1S/C28H28FN5O2/c1-5-36-23-12-8-21(9-13-23)24-15-25(35)33(16-20-6-10-22(29)11-7-20)27-26(24)19(4)32-34(27)28-30-17(2)14-18(3)31-28/h6-14,24H,5,15-16H2,1-4H3/t24-/m0/s1. The first-order chi connectivity index (χ1) is 17.3. The Kier molecular flexibility index (Phi) is 6.26. The van der Waals surface area contributed by atoms with Crippen molar-refractivity contribution in [1.29, 1.82) is 0 Å². The largest absolute Gasteiger partial charge is 0.494 e. The van der Waals surface area contributed by atoms with Crippen LogP contribution in [0.2, 0.25) is 0 Å². The van der Waals surface area contributed by atoms with Gasteiger partial charge in [-0.1, -0.05) is 24.3 Å². The van der Waals surface area contributed by atoms with Crippen molar-refractivity contribution in [2.24, 2.45) is 0 Å². The highest BCUT2D eigenvalue weighted by atomic mass is 19.1. The van der Waals surface area contributed by atoms with Crippen molar-refractivity contribution in [3.63, 3.8) is 0 Å². The fourth-order valence-corrected chi connectivity index (χ4v) is 4.82. The molecule has 1 amide bonds. The summed E-state index contributed by atoms with van der Waals surface area (Å²) in [5, 5.41) is 4.82. The molecule has 0 aliphatic carbocycles. The van der Waals surface area contributed by atoms with Crippen molar-refractivity contribution >= 4 is 11.7 Å². The lowest BCUT2D eigenvalue weighted by molar-refractivity contribution is -0.119. The summed E-state index contributed by atoms with van der Waals surface area (Å²) in [5.74, 6) is 1.32. The SMILES string of the molecule is CCOc1ccc([C@@H]2CC(=O)N(Cc3ccc(F)cc3)c3c2c(C)nn3-c2nc(C)cc(C)n2)cc1. The highest BCUT2D eigenvalue weighted by molar-refractivity contribution is 5.97. The number of rotatable bonds is 6. The number of aryl methyl sites for hydroxylation is 3. The van der Waals surface area contributed by atoms with E-state index in [1.165, 1.54) is 12.1 Å². The predicted molar refractivity (Wildman–Crippen MR) is 135 cm³/mol. The minimum atomic E-state index is -0.315. The lowest BCUT2D eigenvalue weighted by Gasteiger charge is -2.33. The van der Waals surface area contributed by atoms with Gasteiger partial charge in [-0.15, -0.1) is 0 Å². The number of ether oxygens (including phenoxy) is 1. The summed E-state index contributed by atoms with van der Waals surface area (Å²) in [6.07, 6.45) is 0.294. The van der Waals surface area contributed by atoms with Crippen molar-refractivity contribution in [2.75, 3.05) is 11.5 Å². The van der Waals surface area contributed by atoms with Gasteiger partial charge >= 0.3 is 0 Å². The highest BCUT2D eigenvalue weighted by Gasteiger charge is 2.38. The number of nitrogens with zero attached hydrogens (tertiary/aromatic N) is 5. The molecule has 0 bridgehead atoms. The molecule has 0 radical (unpaired) electrons. The van der Waals surface area contributed by atoms with E-state index in [-0.39, 0.29) is 24.2 Å². The normalized spacial score (nSPS) is 15.2. The van der Waals surface area contributed by atoms with Crippen LogP contribution >= 0.6 is 0 Å². The molecule has 8 heteroatoms. The van der Waals surface area contributed by atoms with Crippen LogP contribution in [-0.4, -0.2) is 32.3 Å². The van der Waals surface area contributed by atoms with Gasteiger partial charge in [0.1, 0.15) is 17.4 Å². The number of amides is 1. The van der Waals surface area contributed by atoms with Crippen molar-refractivity contribution in [1.82, 2.24) is 19.7 Å². The Bertz CT molecular complexity index is 1390. The van der Waals surface area contributed by atoms with Gasteiger partial charge in [-0.2, -0.15) is 9.78 Å². The van der Waals surface area contributed by atoms with Crippen LogP contribution in [0.25, 0.3) is 5.95 Å². The second kappa shape index (κ2) is 9.53. The minimum Gasteiger partial charge on any atom is -0.494 e. The molecule has 0 N–H and O–H groups in total. The van der Waals surface area contributed by atoms with Crippen molar-refractivity contribution in [3.05, 3.63) is 94.2 Å². The van der Waals surface area contributed by atoms with Crippen LogP contribution in [0.5, 0.6) is 5.75 Å². The van der Waals surface area contributed by atoms with Gasteiger partial charge < -0.3 is 4.74 Å². The van der Waals surface area contributed by atoms with E-state index < -0.39 is 0 Å². The lowest BCUT2D eigenvalue weighted by atomic mass is 9.85. The number of hydrogen-bond donors (Lipinski definition) is 0.